The number of rotatable bonds is 5. The maximum absolute atomic E-state index is 12.0. The third-order valence-electron chi connectivity index (χ3n) is 3.03. The summed E-state index contributed by atoms with van der Waals surface area (Å²) in [5.74, 6) is 0.466. The highest BCUT2D eigenvalue weighted by molar-refractivity contribution is 9.09. The average Bonchev–Trinajstić information content (AvgIpc) is 2.10. The zero-order valence-electron chi connectivity index (χ0n) is 10.4. The van der Waals surface area contributed by atoms with E-state index >= 15 is 0 Å². The van der Waals surface area contributed by atoms with Crippen molar-refractivity contribution >= 4 is 25.8 Å². The van der Waals surface area contributed by atoms with Crippen molar-refractivity contribution in [2.75, 3.05) is 11.1 Å². The molecule has 0 radical (unpaired) electrons. The highest BCUT2D eigenvalue weighted by Crippen LogP contribution is 2.29. The first-order valence-corrected chi connectivity index (χ1v) is 8.26. The van der Waals surface area contributed by atoms with Crippen LogP contribution in [0.25, 0.3) is 0 Å². The topological polar surface area (TPSA) is 34.1 Å². The molecule has 0 heterocycles. The number of sulfone groups is 1. The Kier molecular flexibility index (Phi) is 5.83. The second kappa shape index (κ2) is 5.67. The highest BCUT2D eigenvalue weighted by Gasteiger charge is 2.30. The van der Waals surface area contributed by atoms with Gasteiger partial charge in [0.05, 0.1) is 11.0 Å². The largest absolute Gasteiger partial charge is 0.229 e. The van der Waals surface area contributed by atoms with Gasteiger partial charge in [-0.1, -0.05) is 43.6 Å². The Bertz CT molecular complexity index is 277. The van der Waals surface area contributed by atoms with Crippen LogP contribution in [-0.4, -0.2) is 24.8 Å². The van der Waals surface area contributed by atoms with E-state index in [4.69, 9.17) is 0 Å². The lowest BCUT2D eigenvalue weighted by Gasteiger charge is -2.29. The lowest BCUT2D eigenvalue weighted by Crippen LogP contribution is -2.33. The molecule has 0 aromatic carbocycles. The predicted molar refractivity (Wildman–Crippen MR) is 70.3 cm³/mol. The lowest BCUT2D eigenvalue weighted by atomic mass is 9.83. The fourth-order valence-corrected chi connectivity index (χ4v) is 4.74. The van der Waals surface area contributed by atoms with E-state index in [2.05, 4.69) is 36.7 Å². The zero-order chi connectivity index (χ0) is 12.3. The number of alkyl halides is 1. The van der Waals surface area contributed by atoms with Gasteiger partial charge < -0.3 is 0 Å². The first-order chi connectivity index (χ1) is 6.65. The van der Waals surface area contributed by atoms with E-state index in [9.17, 15) is 8.42 Å². The molecule has 0 aliphatic carbocycles. The van der Waals surface area contributed by atoms with Gasteiger partial charge in [0.1, 0.15) is 0 Å². The van der Waals surface area contributed by atoms with E-state index in [1.165, 1.54) is 0 Å². The smallest absolute Gasteiger partial charge is 0.153 e. The first kappa shape index (κ1) is 15.4. The lowest BCUT2D eigenvalue weighted by molar-refractivity contribution is 0.291. The Balaban J connectivity index is 4.71. The van der Waals surface area contributed by atoms with Gasteiger partial charge in [-0.2, -0.15) is 0 Å². The van der Waals surface area contributed by atoms with Gasteiger partial charge in [-0.05, 0) is 24.7 Å². The van der Waals surface area contributed by atoms with Crippen LogP contribution < -0.4 is 0 Å². The van der Waals surface area contributed by atoms with Crippen molar-refractivity contribution in [1.29, 1.82) is 0 Å². The summed E-state index contributed by atoms with van der Waals surface area (Å²) in [6, 6.07) is 0. The minimum atomic E-state index is -2.93. The van der Waals surface area contributed by atoms with Crippen LogP contribution in [0, 0.1) is 11.3 Å². The number of hydrogen-bond donors (Lipinski definition) is 0. The summed E-state index contributed by atoms with van der Waals surface area (Å²) >= 11 is 3.41. The fourth-order valence-electron chi connectivity index (χ4n) is 1.22. The number of hydrogen-bond acceptors (Lipinski definition) is 2. The molecular weight excluding hydrogens is 276 g/mol. The van der Waals surface area contributed by atoms with Crippen molar-refractivity contribution < 1.29 is 8.42 Å². The monoisotopic (exact) mass is 298 g/mol. The Labute approximate surface area is 103 Å². The highest BCUT2D eigenvalue weighted by atomic mass is 79.9. The normalized spacial score (nSPS) is 17.5. The molecule has 0 bridgehead atoms. The molecule has 0 aliphatic heterocycles. The van der Waals surface area contributed by atoms with Crippen LogP contribution in [0.3, 0.4) is 0 Å². The van der Waals surface area contributed by atoms with E-state index in [1.54, 1.807) is 6.92 Å². The van der Waals surface area contributed by atoms with E-state index in [0.29, 0.717) is 6.42 Å². The molecule has 0 fully saturated rings. The molecular formula is C11H23BrO2S. The van der Waals surface area contributed by atoms with Crippen LogP contribution in [0.1, 0.15) is 41.0 Å². The standard InChI is InChI=1S/C11H23BrO2S/c1-6-9(2)15(13,14)8-10(7-12)11(3,4)5/h9-10H,6-8H2,1-5H3. The average molecular weight is 299 g/mol. The molecule has 0 aliphatic rings. The quantitative estimate of drug-likeness (QED) is 0.730. The first-order valence-electron chi connectivity index (χ1n) is 5.42. The maximum Gasteiger partial charge on any atom is 0.153 e. The third-order valence-corrected chi connectivity index (χ3v) is 6.24. The summed E-state index contributed by atoms with van der Waals surface area (Å²) in [5.41, 5.74) is 0.0318. The van der Waals surface area contributed by atoms with Crippen molar-refractivity contribution in [2.24, 2.45) is 11.3 Å². The van der Waals surface area contributed by atoms with Crippen LogP contribution in [0.15, 0.2) is 0 Å². The van der Waals surface area contributed by atoms with Gasteiger partial charge in [-0.25, -0.2) is 8.42 Å². The van der Waals surface area contributed by atoms with Gasteiger partial charge in [0, 0.05) is 5.33 Å². The Hall–Kier alpha value is 0.430. The minimum absolute atomic E-state index is 0.0318. The van der Waals surface area contributed by atoms with E-state index < -0.39 is 9.84 Å². The Morgan fingerprint density at radius 1 is 1.27 bits per heavy atom. The van der Waals surface area contributed by atoms with E-state index in [1.807, 2.05) is 6.92 Å². The Morgan fingerprint density at radius 3 is 2.00 bits per heavy atom. The third kappa shape index (κ3) is 4.85. The summed E-state index contributed by atoms with van der Waals surface area (Å²) in [6.07, 6.45) is 0.696. The summed E-state index contributed by atoms with van der Waals surface area (Å²) < 4.78 is 23.9. The molecule has 0 N–H and O–H groups in total. The van der Waals surface area contributed by atoms with Crippen molar-refractivity contribution in [3.05, 3.63) is 0 Å². The molecule has 2 nitrogen and oxygen atoms in total. The van der Waals surface area contributed by atoms with Crippen molar-refractivity contribution in [2.45, 2.75) is 46.3 Å². The van der Waals surface area contributed by atoms with Crippen LogP contribution in [0.2, 0.25) is 0 Å². The van der Waals surface area contributed by atoms with Crippen LogP contribution in [-0.2, 0) is 9.84 Å². The molecule has 15 heavy (non-hydrogen) atoms. The van der Waals surface area contributed by atoms with Crippen molar-refractivity contribution in [1.82, 2.24) is 0 Å². The fraction of sp³-hybridized carbons (Fsp3) is 1.00. The number of halogens is 1. The molecule has 0 rings (SSSR count). The summed E-state index contributed by atoms with van der Waals surface area (Å²) in [7, 11) is -2.93. The van der Waals surface area contributed by atoms with Crippen LogP contribution in [0.5, 0.6) is 0 Å². The van der Waals surface area contributed by atoms with Gasteiger partial charge in [0.25, 0.3) is 0 Å². The summed E-state index contributed by atoms with van der Waals surface area (Å²) in [4.78, 5) is 0. The second-order valence-electron chi connectivity index (χ2n) is 5.27. The Morgan fingerprint density at radius 2 is 1.73 bits per heavy atom. The van der Waals surface area contributed by atoms with Gasteiger partial charge in [-0.15, -0.1) is 0 Å². The van der Waals surface area contributed by atoms with Crippen LogP contribution >= 0.6 is 15.9 Å². The molecule has 2 unspecified atom stereocenters. The van der Waals surface area contributed by atoms with Gasteiger partial charge >= 0.3 is 0 Å². The molecule has 0 saturated carbocycles. The van der Waals surface area contributed by atoms with Gasteiger partial charge in [0.15, 0.2) is 9.84 Å². The zero-order valence-corrected chi connectivity index (χ0v) is 12.8. The SMILES string of the molecule is CCC(C)S(=O)(=O)CC(CBr)C(C)(C)C. The van der Waals surface area contributed by atoms with Gasteiger partial charge in [-0.3, -0.25) is 0 Å². The van der Waals surface area contributed by atoms with Crippen LogP contribution in [0.4, 0.5) is 0 Å². The summed E-state index contributed by atoms with van der Waals surface area (Å²) in [6.45, 7) is 9.98. The molecule has 92 valence electrons. The predicted octanol–water partition coefficient (Wildman–Crippen LogP) is 3.26. The molecule has 0 spiro atoms. The van der Waals surface area contributed by atoms with Gasteiger partial charge in [0.2, 0.25) is 0 Å². The molecule has 0 saturated heterocycles. The molecule has 4 heteroatoms. The second-order valence-corrected chi connectivity index (χ2v) is 8.38. The van der Waals surface area contributed by atoms with E-state index in [-0.39, 0.29) is 22.3 Å². The molecule has 0 amide bonds. The summed E-state index contributed by atoms with van der Waals surface area (Å²) in [5, 5.41) is 0.521. The minimum Gasteiger partial charge on any atom is -0.229 e. The maximum atomic E-state index is 12.0. The van der Waals surface area contributed by atoms with Crippen molar-refractivity contribution in [3.8, 4) is 0 Å². The molecule has 2 atom stereocenters. The molecule has 0 aromatic heterocycles. The van der Waals surface area contributed by atoms with Crippen molar-refractivity contribution in [3.63, 3.8) is 0 Å². The molecule has 0 aromatic rings. The van der Waals surface area contributed by atoms with E-state index in [0.717, 1.165) is 5.33 Å².